The molecule has 134 valence electrons. The molecule has 0 aliphatic carbocycles. The maximum Gasteiger partial charge on any atom is 0.276 e. The van der Waals surface area contributed by atoms with Crippen LogP contribution in [0.15, 0.2) is 54.1 Å². The van der Waals surface area contributed by atoms with Crippen LogP contribution in [0.2, 0.25) is 0 Å². The van der Waals surface area contributed by atoms with Crippen LogP contribution in [0.3, 0.4) is 0 Å². The van der Waals surface area contributed by atoms with Crippen molar-refractivity contribution in [3.63, 3.8) is 0 Å². The number of rotatable bonds is 4. The van der Waals surface area contributed by atoms with Gasteiger partial charge in [-0.05, 0) is 12.1 Å². The Kier molecular flexibility index (Phi) is 3.83. The fourth-order valence-corrected chi connectivity index (χ4v) is 4.50. The molecule has 0 spiro atoms. The highest BCUT2D eigenvalue weighted by Gasteiger charge is 2.43. The van der Waals surface area contributed by atoms with Crippen LogP contribution < -0.4 is 0 Å². The molecule has 1 saturated heterocycles. The van der Waals surface area contributed by atoms with Crippen LogP contribution in [0.25, 0.3) is 5.69 Å². The molecule has 3 aromatic rings. The molecule has 1 fully saturated rings. The minimum atomic E-state index is -3.56. The van der Waals surface area contributed by atoms with Crippen molar-refractivity contribution < 1.29 is 13.2 Å². The largest absolute Gasteiger partial charge is 0.334 e. The molecule has 10 heteroatoms. The van der Waals surface area contributed by atoms with Gasteiger partial charge < -0.3 is 9.47 Å². The monoisotopic (exact) mass is 372 g/mol. The predicted molar refractivity (Wildman–Crippen MR) is 91.4 cm³/mol. The number of carbonyl (C=O) groups is 1. The second kappa shape index (κ2) is 6.06. The smallest absolute Gasteiger partial charge is 0.276 e. The van der Waals surface area contributed by atoms with Gasteiger partial charge in [0.25, 0.3) is 5.91 Å². The zero-order chi connectivity index (χ0) is 18.3. The summed E-state index contributed by atoms with van der Waals surface area (Å²) in [5.41, 5.74) is 0.923. The Morgan fingerprint density at radius 2 is 1.92 bits per heavy atom. The van der Waals surface area contributed by atoms with Crippen LogP contribution in [0.4, 0.5) is 0 Å². The van der Waals surface area contributed by atoms with Gasteiger partial charge in [-0.3, -0.25) is 4.79 Å². The standard InChI is InChI=1S/C16H16N6O3S/c1-20-8-7-17-16(20)26(24,25)13-10-21(11-13)15(23)14-9-18-22(19-14)12-5-3-2-4-6-12/h2-9,13H,10-11H2,1H3. The van der Waals surface area contributed by atoms with Crippen LogP contribution in [-0.2, 0) is 16.9 Å². The van der Waals surface area contributed by atoms with Crippen molar-refractivity contribution in [2.24, 2.45) is 7.05 Å². The molecule has 0 bridgehead atoms. The van der Waals surface area contributed by atoms with E-state index in [1.807, 2.05) is 30.3 Å². The van der Waals surface area contributed by atoms with Gasteiger partial charge in [-0.15, -0.1) is 5.10 Å². The van der Waals surface area contributed by atoms with E-state index in [1.54, 1.807) is 13.2 Å². The Bertz CT molecular complexity index is 1050. The van der Waals surface area contributed by atoms with Crippen molar-refractivity contribution in [1.29, 1.82) is 0 Å². The van der Waals surface area contributed by atoms with Crippen LogP contribution in [-0.4, -0.2) is 62.1 Å². The molecule has 0 radical (unpaired) electrons. The van der Waals surface area contributed by atoms with Crippen molar-refractivity contribution in [3.05, 3.63) is 54.6 Å². The Morgan fingerprint density at radius 3 is 2.58 bits per heavy atom. The van der Waals surface area contributed by atoms with E-state index in [2.05, 4.69) is 15.2 Å². The molecule has 3 heterocycles. The third-order valence-electron chi connectivity index (χ3n) is 4.30. The van der Waals surface area contributed by atoms with Gasteiger partial charge in [0.1, 0.15) is 5.25 Å². The normalized spacial score (nSPS) is 15.0. The lowest BCUT2D eigenvalue weighted by atomic mass is 10.2. The number of hydrogen-bond donors (Lipinski definition) is 0. The van der Waals surface area contributed by atoms with E-state index in [4.69, 9.17) is 0 Å². The maximum atomic E-state index is 12.5. The Labute approximate surface area is 149 Å². The van der Waals surface area contributed by atoms with Crippen LogP contribution in [0.5, 0.6) is 0 Å². The predicted octanol–water partition coefficient (Wildman–Crippen LogP) is 0.299. The number of carbonyl (C=O) groups excluding carboxylic acids is 1. The fourth-order valence-electron chi connectivity index (χ4n) is 2.78. The molecular weight excluding hydrogens is 356 g/mol. The highest BCUT2D eigenvalue weighted by Crippen LogP contribution is 2.23. The molecule has 2 aromatic heterocycles. The van der Waals surface area contributed by atoms with Gasteiger partial charge in [0.15, 0.2) is 5.69 Å². The fraction of sp³-hybridized carbons (Fsp3) is 0.250. The van der Waals surface area contributed by atoms with Crippen molar-refractivity contribution in [2.75, 3.05) is 13.1 Å². The average molecular weight is 372 g/mol. The number of amides is 1. The van der Waals surface area contributed by atoms with Gasteiger partial charge in [0, 0.05) is 32.5 Å². The number of imidazole rings is 1. The molecule has 1 aliphatic rings. The first kappa shape index (κ1) is 16.5. The summed E-state index contributed by atoms with van der Waals surface area (Å²) in [7, 11) is -1.93. The van der Waals surface area contributed by atoms with Crippen molar-refractivity contribution in [2.45, 2.75) is 10.4 Å². The molecule has 26 heavy (non-hydrogen) atoms. The van der Waals surface area contributed by atoms with Gasteiger partial charge in [-0.25, -0.2) is 13.4 Å². The first-order valence-electron chi connectivity index (χ1n) is 7.95. The van der Waals surface area contributed by atoms with Gasteiger partial charge in [-0.2, -0.15) is 9.90 Å². The number of sulfone groups is 1. The Hall–Kier alpha value is -3.01. The van der Waals surface area contributed by atoms with Crippen LogP contribution in [0.1, 0.15) is 10.5 Å². The number of nitrogens with zero attached hydrogens (tertiary/aromatic N) is 6. The second-order valence-electron chi connectivity index (χ2n) is 6.05. The average Bonchev–Trinajstić information content (AvgIpc) is 3.23. The van der Waals surface area contributed by atoms with Crippen LogP contribution >= 0.6 is 0 Å². The number of likely N-dealkylation sites (tertiary alicyclic amines) is 1. The number of benzene rings is 1. The number of aryl methyl sites for hydroxylation is 1. The van der Waals surface area contributed by atoms with E-state index in [-0.39, 0.29) is 29.8 Å². The molecule has 0 unspecified atom stereocenters. The Balaban J connectivity index is 1.46. The van der Waals surface area contributed by atoms with Crippen LogP contribution in [0, 0.1) is 0 Å². The van der Waals surface area contributed by atoms with Crippen molar-refractivity contribution >= 4 is 15.7 Å². The SMILES string of the molecule is Cn1ccnc1S(=O)(=O)C1CN(C(=O)c2cnn(-c3ccccc3)n2)C1. The maximum absolute atomic E-state index is 12.5. The molecular formula is C16H16N6O3S. The zero-order valence-corrected chi connectivity index (χ0v) is 14.7. The molecule has 4 rings (SSSR count). The third kappa shape index (κ3) is 2.68. The van der Waals surface area contributed by atoms with E-state index < -0.39 is 15.1 Å². The lowest BCUT2D eigenvalue weighted by molar-refractivity contribution is 0.0652. The minimum Gasteiger partial charge on any atom is -0.334 e. The van der Waals surface area contributed by atoms with Crippen molar-refractivity contribution in [3.8, 4) is 5.69 Å². The number of aromatic nitrogens is 5. The van der Waals surface area contributed by atoms with Gasteiger partial charge in [0.05, 0.1) is 11.9 Å². The lowest BCUT2D eigenvalue weighted by Crippen LogP contribution is -2.57. The first-order chi connectivity index (χ1) is 12.5. The zero-order valence-electron chi connectivity index (χ0n) is 13.9. The quantitative estimate of drug-likeness (QED) is 0.653. The third-order valence-corrected chi connectivity index (χ3v) is 6.38. The molecule has 1 aromatic carbocycles. The van der Waals surface area contributed by atoms with Gasteiger partial charge in [0.2, 0.25) is 15.0 Å². The molecule has 0 saturated carbocycles. The van der Waals surface area contributed by atoms with E-state index in [0.717, 1.165) is 5.69 Å². The summed E-state index contributed by atoms with van der Waals surface area (Å²) in [4.78, 5) is 19.2. The summed E-state index contributed by atoms with van der Waals surface area (Å²) in [6.45, 7) is 0.235. The number of hydrogen-bond acceptors (Lipinski definition) is 6. The van der Waals surface area contributed by atoms with E-state index >= 15 is 0 Å². The summed E-state index contributed by atoms with van der Waals surface area (Å²) < 4.78 is 26.5. The van der Waals surface area contributed by atoms with Gasteiger partial charge >= 0.3 is 0 Å². The first-order valence-corrected chi connectivity index (χ1v) is 9.50. The second-order valence-corrected chi connectivity index (χ2v) is 8.17. The molecule has 1 aliphatic heterocycles. The summed E-state index contributed by atoms with van der Waals surface area (Å²) in [6.07, 6.45) is 4.41. The summed E-state index contributed by atoms with van der Waals surface area (Å²) in [5.74, 6) is -0.335. The lowest BCUT2D eigenvalue weighted by Gasteiger charge is -2.37. The number of para-hydroxylation sites is 1. The Morgan fingerprint density at radius 1 is 1.19 bits per heavy atom. The summed E-state index contributed by atoms with van der Waals surface area (Å²) in [6, 6.07) is 9.23. The summed E-state index contributed by atoms with van der Waals surface area (Å²) in [5, 5.41) is 7.64. The highest BCUT2D eigenvalue weighted by atomic mass is 32.2. The molecule has 0 atom stereocenters. The van der Waals surface area contributed by atoms with Gasteiger partial charge in [-0.1, -0.05) is 18.2 Å². The molecule has 9 nitrogen and oxygen atoms in total. The topological polar surface area (TPSA) is 103 Å². The molecule has 0 N–H and O–H groups in total. The van der Waals surface area contributed by atoms with E-state index in [0.29, 0.717) is 0 Å². The minimum absolute atomic E-state index is 0.0182. The molecule has 1 amide bonds. The van der Waals surface area contributed by atoms with Crippen molar-refractivity contribution in [1.82, 2.24) is 29.4 Å². The van der Waals surface area contributed by atoms with E-state index in [1.165, 1.54) is 26.7 Å². The highest BCUT2D eigenvalue weighted by molar-refractivity contribution is 7.92. The summed E-state index contributed by atoms with van der Waals surface area (Å²) >= 11 is 0. The van der Waals surface area contributed by atoms with E-state index in [9.17, 15) is 13.2 Å².